The van der Waals surface area contributed by atoms with Crippen molar-refractivity contribution < 1.29 is 32.6 Å². The van der Waals surface area contributed by atoms with Gasteiger partial charge < -0.3 is 18.9 Å². The Morgan fingerprint density at radius 2 is 1.52 bits per heavy atom. The van der Waals surface area contributed by atoms with Crippen LogP contribution in [0.25, 0.3) is 0 Å². The van der Waals surface area contributed by atoms with Gasteiger partial charge in [0.1, 0.15) is 35.5 Å². The lowest BCUT2D eigenvalue weighted by atomic mass is 9.80. The highest BCUT2D eigenvalue weighted by atomic mass is 31.2. The van der Waals surface area contributed by atoms with E-state index in [9.17, 15) is 14.2 Å². The van der Waals surface area contributed by atoms with E-state index in [4.69, 9.17) is 28.0 Å². The van der Waals surface area contributed by atoms with Crippen LogP contribution in [0, 0.1) is 6.92 Å². The van der Waals surface area contributed by atoms with Crippen LogP contribution < -0.4 is 25.8 Å². The normalized spacial score (nSPS) is 23.0. The Morgan fingerprint density at radius 3 is 2.09 bits per heavy atom. The molecule has 2 fully saturated rings. The third-order valence-electron chi connectivity index (χ3n) is 8.22. The van der Waals surface area contributed by atoms with Crippen molar-refractivity contribution in [2.45, 2.75) is 37.4 Å². The van der Waals surface area contributed by atoms with Gasteiger partial charge >= 0.3 is 13.4 Å². The quantitative estimate of drug-likeness (QED) is 0.179. The minimum Gasteiger partial charge on any atom is -0.497 e. The van der Waals surface area contributed by atoms with E-state index in [1.165, 1.54) is 10.8 Å². The molecule has 4 atom stereocenters. The first-order chi connectivity index (χ1) is 22.2. The molecule has 1 aromatic heterocycles. The van der Waals surface area contributed by atoms with Gasteiger partial charge in [0, 0.05) is 24.7 Å². The maximum atomic E-state index is 13.3. The highest BCUT2D eigenvalue weighted by Crippen LogP contribution is 2.51. The average molecular weight is 650 g/mol. The molecule has 1 unspecified atom stereocenters. The maximum absolute atomic E-state index is 13.3. The lowest BCUT2D eigenvalue weighted by Gasteiger charge is -2.37. The number of aromatic amines is 1. The summed E-state index contributed by atoms with van der Waals surface area (Å²) in [7, 11) is -0.403. The van der Waals surface area contributed by atoms with Gasteiger partial charge in [0.05, 0.1) is 27.4 Å². The zero-order valence-electron chi connectivity index (χ0n) is 25.7. The Kier molecular flexibility index (Phi) is 9.28. The fourth-order valence-electron chi connectivity index (χ4n) is 5.85. The molecular formula is C33H36N3O9P. The third-order valence-corrected chi connectivity index (χ3v) is 9.90. The van der Waals surface area contributed by atoms with Crippen LogP contribution in [-0.2, 0) is 28.7 Å². The molecule has 12 nitrogen and oxygen atoms in total. The van der Waals surface area contributed by atoms with E-state index < -0.39 is 43.0 Å². The first-order valence-corrected chi connectivity index (χ1v) is 16.4. The van der Waals surface area contributed by atoms with Gasteiger partial charge in [-0.25, -0.2) is 14.4 Å². The number of hydrogen-bond acceptors (Lipinski definition) is 9. The Bertz CT molecular complexity index is 1750. The smallest absolute Gasteiger partial charge is 0.405 e. The van der Waals surface area contributed by atoms with E-state index in [1.807, 2.05) is 78.9 Å². The molecule has 3 aromatic carbocycles. The summed E-state index contributed by atoms with van der Waals surface area (Å²) in [6, 6.07) is 25.0. The van der Waals surface area contributed by atoms with Gasteiger partial charge in [-0.15, -0.1) is 0 Å². The van der Waals surface area contributed by atoms with Crippen LogP contribution in [-0.4, -0.2) is 55.7 Å². The van der Waals surface area contributed by atoms with Crippen molar-refractivity contribution in [2.75, 3.05) is 34.0 Å². The molecule has 0 aliphatic carbocycles. The summed E-state index contributed by atoms with van der Waals surface area (Å²) in [6.07, 6.45) is -0.815. The van der Waals surface area contributed by atoms with E-state index in [0.29, 0.717) is 23.6 Å². The summed E-state index contributed by atoms with van der Waals surface area (Å²) in [5.41, 5.74) is 0.568. The topological polar surface area (TPSA) is 139 Å². The van der Waals surface area contributed by atoms with Crippen LogP contribution in [0.5, 0.6) is 11.5 Å². The molecule has 2 N–H and O–H groups in total. The van der Waals surface area contributed by atoms with E-state index in [0.717, 1.165) is 16.7 Å². The van der Waals surface area contributed by atoms with Gasteiger partial charge in [-0.2, -0.15) is 0 Å². The molecule has 242 valence electrons. The van der Waals surface area contributed by atoms with Crippen LogP contribution in [0.4, 0.5) is 0 Å². The molecule has 0 saturated carbocycles. The van der Waals surface area contributed by atoms with E-state index in [2.05, 4.69) is 10.1 Å². The Balaban J connectivity index is 1.42. The summed E-state index contributed by atoms with van der Waals surface area (Å²) in [5.74, 6) is 1.37. The molecule has 0 amide bonds. The summed E-state index contributed by atoms with van der Waals surface area (Å²) in [6.45, 7) is 2.18. The summed E-state index contributed by atoms with van der Waals surface area (Å²) in [4.78, 5) is 27.2. The molecule has 0 bridgehead atoms. The minimum absolute atomic E-state index is 0.0365. The van der Waals surface area contributed by atoms with Crippen LogP contribution in [0.3, 0.4) is 0 Å². The van der Waals surface area contributed by atoms with Gasteiger partial charge in [-0.1, -0.05) is 54.6 Å². The Morgan fingerprint density at radius 1 is 0.913 bits per heavy atom. The van der Waals surface area contributed by atoms with Crippen molar-refractivity contribution in [1.29, 1.82) is 0 Å². The van der Waals surface area contributed by atoms with Crippen LogP contribution >= 0.6 is 7.75 Å². The monoisotopic (exact) mass is 649 g/mol. The van der Waals surface area contributed by atoms with E-state index in [-0.39, 0.29) is 19.6 Å². The van der Waals surface area contributed by atoms with Crippen LogP contribution in [0.15, 0.2) is 94.6 Å². The molecule has 0 spiro atoms. The Labute approximate surface area is 265 Å². The van der Waals surface area contributed by atoms with E-state index in [1.54, 1.807) is 21.1 Å². The standard InChI is InChI=1S/C33H36N3O9P/c1-22-20-36(32(38)35-31(22)37)30-19-28(45-46(39)34-17-18-43-46)29(44-30)21-42-33(23-7-5-4-6-8-23,24-9-13-26(40-2)14-10-24)25-11-15-27(41-3)16-12-25/h4-16,20,28-30H,17-19,21H2,1-3H3,(H,34,39)(H,35,37,38)/t28-,29+,30+,46?/m0/s1. The minimum atomic E-state index is -3.62. The number of nitrogens with zero attached hydrogens (tertiary/aromatic N) is 1. The fraction of sp³-hybridized carbons (Fsp3) is 0.333. The number of aryl methyl sites for hydroxylation is 1. The first kappa shape index (κ1) is 31.9. The summed E-state index contributed by atoms with van der Waals surface area (Å²) in [5, 5.41) is 2.81. The molecular weight excluding hydrogens is 613 g/mol. The molecule has 0 radical (unpaired) electrons. The number of H-pyrrole nitrogens is 1. The maximum Gasteiger partial charge on any atom is 0.405 e. The molecule has 46 heavy (non-hydrogen) atoms. The number of nitrogens with one attached hydrogen (secondary N) is 2. The van der Waals surface area contributed by atoms with Gasteiger partial charge in [0.25, 0.3) is 5.56 Å². The van der Waals surface area contributed by atoms with Gasteiger partial charge in [0.15, 0.2) is 0 Å². The highest BCUT2D eigenvalue weighted by molar-refractivity contribution is 7.51. The predicted octanol–water partition coefficient (Wildman–Crippen LogP) is 4.27. The van der Waals surface area contributed by atoms with Crippen molar-refractivity contribution >= 4 is 7.75 Å². The summed E-state index contributed by atoms with van der Waals surface area (Å²) < 4.78 is 50.4. The molecule has 3 heterocycles. The number of benzene rings is 3. The van der Waals surface area contributed by atoms with Crippen molar-refractivity contribution in [1.82, 2.24) is 14.6 Å². The van der Waals surface area contributed by atoms with Gasteiger partial charge in [-0.3, -0.25) is 23.4 Å². The van der Waals surface area contributed by atoms with Crippen LogP contribution in [0.2, 0.25) is 0 Å². The van der Waals surface area contributed by atoms with E-state index >= 15 is 0 Å². The molecule has 13 heteroatoms. The SMILES string of the molecule is COc1ccc(C(OC[C@H]2O[C@@H](n3cc(C)c(=O)[nH]c3=O)C[C@@H]2OP2(=O)NCCO2)(c2ccccc2)c2ccc(OC)cc2)cc1. The second-order valence-electron chi connectivity index (χ2n) is 11.0. The number of ether oxygens (including phenoxy) is 4. The average Bonchev–Trinajstić information content (AvgIpc) is 3.69. The zero-order valence-corrected chi connectivity index (χ0v) is 26.6. The molecule has 2 aliphatic rings. The lowest BCUT2D eigenvalue weighted by molar-refractivity contribution is -0.0925. The fourth-order valence-corrected chi connectivity index (χ4v) is 7.36. The zero-order chi connectivity index (χ0) is 32.3. The van der Waals surface area contributed by atoms with Crippen LogP contribution in [0.1, 0.15) is 34.9 Å². The highest BCUT2D eigenvalue weighted by Gasteiger charge is 2.46. The number of rotatable bonds is 11. The first-order valence-electron chi connectivity index (χ1n) is 14.9. The second kappa shape index (κ2) is 13.4. The van der Waals surface area contributed by atoms with Crippen molar-refractivity contribution in [3.05, 3.63) is 128 Å². The largest absolute Gasteiger partial charge is 0.497 e. The molecule has 6 rings (SSSR count). The molecule has 2 aliphatic heterocycles. The van der Waals surface area contributed by atoms with Crippen molar-refractivity contribution in [2.24, 2.45) is 0 Å². The van der Waals surface area contributed by atoms with Crippen molar-refractivity contribution in [3.8, 4) is 11.5 Å². The number of hydrogen-bond donors (Lipinski definition) is 2. The van der Waals surface area contributed by atoms with Crippen molar-refractivity contribution in [3.63, 3.8) is 0 Å². The second-order valence-corrected chi connectivity index (χ2v) is 12.8. The predicted molar refractivity (Wildman–Crippen MR) is 169 cm³/mol. The number of aromatic nitrogens is 2. The molecule has 4 aromatic rings. The lowest BCUT2D eigenvalue weighted by Crippen LogP contribution is -2.38. The number of methoxy groups -OCH3 is 2. The molecule has 2 saturated heterocycles. The summed E-state index contributed by atoms with van der Waals surface area (Å²) >= 11 is 0. The van der Waals surface area contributed by atoms with Gasteiger partial charge in [0.2, 0.25) is 0 Å². The Hall–Kier alpha value is -4.03. The van der Waals surface area contributed by atoms with Gasteiger partial charge in [-0.05, 0) is 47.9 Å². The third kappa shape index (κ3) is 6.32.